The van der Waals surface area contributed by atoms with Gasteiger partial charge in [0.2, 0.25) is 0 Å². The zero-order chi connectivity index (χ0) is 14.7. The summed E-state index contributed by atoms with van der Waals surface area (Å²) in [5, 5.41) is 0. The molecule has 0 unspecified atom stereocenters. The van der Waals surface area contributed by atoms with Gasteiger partial charge in [-0.3, -0.25) is 9.97 Å². The lowest BCUT2D eigenvalue weighted by Gasteiger charge is -2.03. The van der Waals surface area contributed by atoms with E-state index in [1.807, 2.05) is 38.1 Å². The molecule has 0 fully saturated rings. The largest absolute Gasteiger partial charge is 0.265 e. The van der Waals surface area contributed by atoms with Gasteiger partial charge in [-0.05, 0) is 49.2 Å². The van der Waals surface area contributed by atoms with Gasteiger partial charge in [-0.2, -0.15) is 14.0 Å². The Morgan fingerprint density at radius 3 is 1.11 bits per heavy atom. The molecule has 0 radical (unpaired) electrons. The van der Waals surface area contributed by atoms with Crippen molar-refractivity contribution >= 4 is 0 Å². The number of aromatic nitrogens is 2. The maximum absolute atomic E-state index is 8.60. The van der Waals surface area contributed by atoms with Crippen molar-refractivity contribution in [1.82, 2.24) is 9.97 Å². The number of hydrogen-bond acceptors (Lipinski definition) is 6. The Kier molecular flexibility index (Phi) is 8.60. The third-order valence-corrected chi connectivity index (χ3v) is 1.69. The zero-order valence-electron chi connectivity index (χ0n) is 10.6. The Balaban J connectivity index is 0.000000261. The Labute approximate surface area is 113 Å². The van der Waals surface area contributed by atoms with Crippen LogP contribution >= 0.6 is 0 Å². The first kappa shape index (κ1) is 17.4. The normalized spacial score (nSPS) is 9.58. The molecule has 0 saturated heterocycles. The van der Waals surface area contributed by atoms with E-state index in [9.17, 15) is 0 Å². The molecule has 2 aromatic rings. The molecule has 0 aliphatic carbocycles. The van der Waals surface area contributed by atoms with Crippen LogP contribution in [0.4, 0.5) is 0 Å². The zero-order valence-corrected chi connectivity index (χ0v) is 11.3. The van der Waals surface area contributed by atoms with Crippen LogP contribution in [0.1, 0.15) is 11.1 Å². The lowest BCUT2D eigenvalue weighted by Crippen LogP contribution is -2.58. The van der Waals surface area contributed by atoms with Crippen LogP contribution < -0.4 is 14.0 Å². The van der Waals surface area contributed by atoms with Crippen molar-refractivity contribution in [2.45, 2.75) is 13.8 Å². The van der Waals surface area contributed by atoms with Gasteiger partial charge in [-0.25, -0.2) is 0 Å². The van der Waals surface area contributed by atoms with Crippen LogP contribution in [-0.2, 0) is 0 Å². The first-order valence-corrected chi connectivity index (χ1v) is 6.42. The number of aryl methyl sites for hydroxylation is 2. The van der Waals surface area contributed by atoms with E-state index < -0.39 is 10.2 Å². The molecule has 0 bridgehead atoms. The standard InChI is InChI=1S/2C6H7N.ClHO4/c2*1-6-2-4-7-5-3-6;2-1(3,4)5/h2*2-5H,1H3;(H,2,3,4,5). The predicted octanol–water partition coefficient (Wildman–Crippen LogP) is -1.34. The number of rotatable bonds is 0. The minimum atomic E-state index is -4.69. The first-order chi connectivity index (χ1) is 8.79. The van der Waals surface area contributed by atoms with E-state index in [0.29, 0.717) is 0 Å². The lowest BCUT2D eigenvalue weighted by atomic mass is 10.3. The first-order valence-electron chi connectivity index (χ1n) is 5.15. The molecule has 2 heterocycles. The maximum Gasteiger partial charge on any atom is 0.0777 e. The Morgan fingerprint density at radius 2 is 1.00 bits per heavy atom. The number of pyridine rings is 2. The van der Waals surface area contributed by atoms with Crippen molar-refractivity contribution in [2.75, 3.05) is 0 Å². The van der Waals surface area contributed by atoms with Crippen LogP contribution in [0.15, 0.2) is 49.1 Å². The highest BCUT2D eigenvalue weighted by atomic mass is 35.7. The number of halogens is 1. The molecule has 0 atom stereocenters. The van der Waals surface area contributed by atoms with Gasteiger partial charge in [0.15, 0.2) is 0 Å². The molecule has 0 aliphatic heterocycles. The van der Waals surface area contributed by atoms with Gasteiger partial charge >= 0.3 is 0 Å². The molecule has 2 rings (SSSR count). The summed E-state index contributed by atoms with van der Waals surface area (Å²) in [6.07, 6.45) is 7.15. The average Bonchev–Trinajstić information content (AvgIpc) is 2.29. The van der Waals surface area contributed by atoms with Gasteiger partial charge in [0.1, 0.15) is 0 Å². The van der Waals surface area contributed by atoms with Crippen molar-refractivity contribution in [2.24, 2.45) is 0 Å². The second-order valence-electron chi connectivity index (χ2n) is 3.45. The summed E-state index contributed by atoms with van der Waals surface area (Å²) in [6.45, 7) is 4.09. The second-order valence-corrected chi connectivity index (χ2v) is 4.24. The summed E-state index contributed by atoms with van der Waals surface area (Å²) in [5.74, 6) is 0. The fourth-order valence-corrected chi connectivity index (χ4v) is 0.853. The molecule has 0 aliphatic rings. The molecule has 104 valence electrons. The van der Waals surface area contributed by atoms with Crippen molar-refractivity contribution < 1.29 is 28.9 Å². The Hall–Kier alpha value is -1.57. The van der Waals surface area contributed by atoms with E-state index in [-0.39, 0.29) is 0 Å². The van der Waals surface area contributed by atoms with E-state index in [2.05, 4.69) is 9.97 Å². The Bertz CT molecular complexity index is 391. The SMILES string of the molecule is Cc1ccncc1.Cc1ccncc1.[O-][Cl+3]([O-])([O-])O. The van der Waals surface area contributed by atoms with E-state index >= 15 is 0 Å². The molecule has 19 heavy (non-hydrogen) atoms. The summed E-state index contributed by atoms with van der Waals surface area (Å²) in [6, 6.07) is 7.89. The molecule has 6 nitrogen and oxygen atoms in total. The molecular formula is C12H15ClN2O4. The molecule has 0 amide bonds. The van der Waals surface area contributed by atoms with E-state index in [1.165, 1.54) is 11.1 Å². The average molecular weight is 287 g/mol. The highest BCUT2D eigenvalue weighted by Gasteiger charge is 1.98. The molecule has 7 heteroatoms. The molecule has 0 saturated carbocycles. The van der Waals surface area contributed by atoms with Gasteiger partial charge in [-0.1, -0.05) is 0 Å². The highest BCUT2D eigenvalue weighted by molar-refractivity contribution is 5.06. The van der Waals surface area contributed by atoms with Gasteiger partial charge in [0.05, 0.1) is 14.9 Å². The molecular weight excluding hydrogens is 272 g/mol. The summed E-state index contributed by atoms with van der Waals surface area (Å²) in [7, 11) is -4.69. The van der Waals surface area contributed by atoms with Gasteiger partial charge in [0.25, 0.3) is 0 Å². The minimum absolute atomic E-state index is 1.26. The Morgan fingerprint density at radius 1 is 0.789 bits per heavy atom. The van der Waals surface area contributed by atoms with Gasteiger partial charge in [0, 0.05) is 24.8 Å². The lowest BCUT2D eigenvalue weighted by molar-refractivity contribution is -1.92. The van der Waals surface area contributed by atoms with Crippen molar-refractivity contribution in [1.29, 1.82) is 0 Å². The minimum Gasteiger partial charge on any atom is -0.265 e. The monoisotopic (exact) mass is 286 g/mol. The van der Waals surface area contributed by atoms with Crippen LogP contribution in [0.5, 0.6) is 0 Å². The fraction of sp³-hybridized carbons (Fsp3) is 0.167. The van der Waals surface area contributed by atoms with Crippen LogP contribution in [0.25, 0.3) is 0 Å². The maximum atomic E-state index is 8.60. The van der Waals surface area contributed by atoms with Crippen LogP contribution in [0.2, 0.25) is 0 Å². The van der Waals surface area contributed by atoms with E-state index in [4.69, 9.17) is 18.6 Å². The van der Waals surface area contributed by atoms with Crippen molar-refractivity contribution in [3.63, 3.8) is 0 Å². The van der Waals surface area contributed by atoms with Crippen molar-refractivity contribution in [3.05, 3.63) is 60.2 Å². The summed E-state index contributed by atoms with van der Waals surface area (Å²) < 4.78 is 32.7. The number of nitrogens with zero attached hydrogens (tertiary/aromatic N) is 2. The van der Waals surface area contributed by atoms with E-state index in [1.54, 1.807) is 24.8 Å². The van der Waals surface area contributed by atoms with Crippen LogP contribution in [0, 0.1) is 24.1 Å². The molecule has 1 N–H and O–H groups in total. The topological polar surface area (TPSA) is 115 Å². The van der Waals surface area contributed by atoms with Gasteiger partial charge < -0.3 is 0 Å². The molecule has 0 aromatic carbocycles. The van der Waals surface area contributed by atoms with Crippen LogP contribution in [-0.4, -0.2) is 14.6 Å². The third-order valence-electron chi connectivity index (χ3n) is 1.69. The number of hydrogen-bond donors (Lipinski definition) is 1. The third kappa shape index (κ3) is 16.4. The second kappa shape index (κ2) is 9.37. The predicted molar refractivity (Wildman–Crippen MR) is 60.2 cm³/mol. The van der Waals surface area contributed by atoms with Crippen LogP contribution in [0.3, 0.4) is 0 Å². The van der Waals surface area contributed by atoms with Gasteiger partial charge in [-0.15, -0.1) is 0 Å². The smallest absolute Gasteiger partial charge is 0.0777 e. The highest BCUT2D eigenvalue weighted by Crippen LogP contribution is 1.89. The fourth-order valence-electron chi connectivity index (χ4n) is 0.853. The molecule has 2 aromatic heterocycles. The van der Waals surface area contributed by atoms with E-state index in [0.717, 1.165) is 0 Å². The quantitative estimate of drug-likeness (QED) is 0.640. The summed E-state index contributed by atoms with van der Waals surface area (Å²) in [5.41, 5.74) is 2.52. The molecule has 0 spiro atoms. The van der Waals surface area contributed by atoms with Crippen molar-refractivity contribution in [3.8, 4) is 0 Å². The summed E-state index contributed by atoms with van der Waals surface area (Å²) in [4.78, 5) is 7.69. The summed E-state index contributed by atoms with van der Waals surface area (Å²) >= 11 is 0.